The quantitative estimate of drug-likeness (QED) is 0.808. The smallest absolute Gasteiger partial charge is 0.337 e. The summed E-state index contributed by atoms with van der Waals surface area (Å²) in [6, 6.07) is 7.19. The normalized spacial score (nSPS) is 10.2. The van der Waals surface area contributed by atoms with E-state index in [1.165, 1.54) is 7.11 Å². The molecule has 2 aromatic rings. The number of rotatable bonds is 3. The Labute approximate surface area is 98.8 Å². The fourth-order valence-corrected chi connectivity index (χ4v) is 1.52. The Hall–Kier alpha value is -2.30. The second kappa shape index (κ2) is 4.69. The number of nitrogens with zero attached hydrogens (tertiary/aromatic N) is 2. The molecule has 0 saturated heterocycles. The molecule has 0 fully saturated rings. The number of aromatic nitrogens is 2. The summed E-state index contributed by atoms with van der Waals surface area (Å²) in [5.41, 5.74) is 7.79. The van der Waals surface area contributed by atoms with E-state index >= 15 is 0 Å². The van der Waals surface area contributed by atoms with Crippen molar-refractivity contribution in [3.8, 4) is 0 Å². The predicted molar refractivity (Wildman–Crippen MR) is 63.5 cm³/mol. The molecule has 88 valence electrons. The molecule has 1 aromatic heterocycles. The highest BCUT2D eigenvalue weighted by Crippen LogP contribution is 2.08. The predicted octanol–water partition coefficient (Wildman–Crippen LogP) is 1.30. The van der Waals surface area contributed by atoms with Crippen LogP contribution in [-0.4, -0.2) is 22.9 Å². The zero-order valence-electron chi connectivity index (χ0n) is 9.46. The van der Waals surface area contributed by atoms with Crippen molar-refractivity contribution in [3.63, 3.8) is 0 Å². The number of nitrogens with two attached hydrogens (primary N) is 1. The van der Waals surface area contributed by atoms with E-state index in [4.69, 9.17) is 5.73 Å². The van der Waals surface area contributed by atoms with Gasteiger partial charge in [-0.3, -0.25) is 4.68 Å². The highest BCUT2D eigenvalue weighted by molar-refractivity contribution is 5.89. The highest BCUT2D eigenvalue weighted by atomic mass is 16.5. The van der Waals surface area contributed by atoms with Crippen LogP contribution in [0.25, 0.3) is 0 Å². The molecule has 1 aromatic carbocycles. The van der Waals surface area contributed by atoms with Crippen LogP contribution in [0.15, 0.2) is 36.7 Å². The molecular formula is C12H13N3O2. The summed E-state index contributed by atoms with van der Waals surface area (Å²) in [6.07, 6.45) is 3.36. The van der Waals surface area contributed by atoms with Crippen LogP contribution < -0.4 is 5.73 Å². The van der Waals surface area contributed by atoms with Gasteiger partial charge in [0, 0.05) is 6.20 Å². The molecule has 0 aliphatic carbocycles. The third-order valence-corrected chi connectivity index (χ3v) is 2.37. The number of methoxy groups -OCH3 is 1. The van der Waals surface area contributed by atoms with Crippen LogP contribution in [0.5, 0.6) is 0 Å². The molecule has 2 N–H and O–H groups in total. The molecule has 2 rings (SSSR count). The van der Waals surface area contributed by atoms with Gasteiger partial charge in [-0.05, 0) is 17.7 Å². The van der Waals surface area contributed by atoms with Crippen LogP contribution in [0.3, 0.4) is 0 Å². The van der Waals surface area contributed by atoms with Crippen molar-refractivity contribution in [3.05, 3.63) is 47.8 Å². The molecule has 5 heteroatoms. The number of esters is 1. The molecule has 0 radical (unpaired) electrons. The first kappa shape index (κ1) is 11.2. The Balaban J connectivity index is 2.10. The number of hydrogen-bond acceptors (Lipinski definition) is 4. The van der Waals surface area contributed by atoms with Gasteiger partial charge in [0.15, 0.2) is 0 Å². The molecule has 0 aliphatic heterocycles. The van der Waals surface area contributed by atoms with Crippen molar-refractivity contribution in [2.24, 2.45) is 0 Å². The maximum absolute atomic E-state index is 11.2. The van der Waals surface area contributed by atoms with E-state index in [1.54, 1.807) is 29.2 Å². The van der Waals surface area contributed by atoms with Crippen molar-refractivity contribution in [1.29, 1.82) is 0 Å². The third-order valence-electron chi connectivity index (χ3n) is 2.37. The maximum Gasteiger partial charge on any atom is 0.337 e. The lowest BCUT2D eigenvalue weighted by Gasteiger charge is -2.03. The molecule has 1 heterocycles. The van der Waals surface area contributed by atoms with Gasteiger partial charge in [0.25, 0.3) is 0 Å². The second-order valence-corrected chi connectivity index (χ2v) is 3.66. The second-order valence-electron chi connectivity index (χ2n) is 3.66. The largest absolute Gasteiger partial charge is 0.465 e. The van der Waals surface area contributed by atoms with Crippen molar-refractivity contribution in [1.82, 2.24) is 9.78 Å². The van der Waals surface area contributed by atoms with E-state index in [0.29, 0.717) is 17.8 Å². The SMILES string of the molecule is COC(=O)c1ccc(Cn2cc(N)cn2)cc1. The Kier molecular flexibility index (Phi) is 3.09. The first-order valence-corrected chi connectivity index (χ1v) is 5.14. The Morgan fingerprint density at radius 2 is 2.12 bits per heavy atom. The minimum atomic E-state index is -0.333. The van der Waals surface area contributed by atoms with E-state index < -0.39 is 0 Å². The molecule has 0 bridgehead atoms. The van der Waals surface area contributed by atoms with Crippen LogP contribution in [0.4, 0.5) is 5.69 Å². The number of anilines is 1. The lowest BCUT2D eigenvalue weighted by atomic mass is 10.1. The molecule has 0 amide bonds. The molecule has 0 unspecified atom stereocenters. The van der Waals surface area contributed by atoms with Crippen LogP contribution in [0, 0.1) is 0 Å². The highest BCUT2D eigenvalue weighted by Gasteiger charge is 2.04. The summed E-state index contributed by atoms with van der Waals surface area (Å²) in [4.78, 5) is 11.2. The Morgan fingerprint density at radius 1 is 1.41 bits per heavy atom. The van der Waals surface area contributed by atoms with Crippen molar-refractivity contribution < 1.29 is 9.53 Å². The molecule has 17 heavy (non-hydrogen) atoms. The molecular weight excluding hydrogens is 218 g/mol. The number of nitrogen functional groups attached to an aromatic ring is 1. The van der Waals surface area contributed by atoms with Gasteiger partial charge < -0.3 is 10.5 Å². The lowest BCUT2D eigenvalue weighted by molar-refractivity contribution is 0.0600. The summed E-state index contributed by atoms with van der Waals surface area (Å²) in [7, 11) is 1.36. The van der Waals surface area contributed by atoms with Crippen LogP contribution >= 0.6 is 0 Å². The van der Waals surface area contributed by atoms with Gasteiger partial charge in [-0.25, -0.2) is 4.79 Å². The summed E-state index contributed by atoms with van der Waals surface area (Å²) in [6.45, 7) is 0.624. The van der Waals surface area contributed by atoms with Crippen molar-refractivity contribution >= 4 is 11.7 Å². The fraction of sp³-hybridized carbons (Fsp3) is 0.167. The average Bonchev–Trinajstić information content (AvgIpc) is 2.75. The number of carbonyl (C=O) groups excluding carboxylic acids is 1. The van der Waals surface area contributed by atoms with Crippen LogP contribution in [0.2, 0.25) is 0 Å². The van der Waals surface area contributed by atoms with Crippen LogP contribution in [0.1, 0.15) is 15.9 Å². The number of ether oxygens (including phenoxy) is 1. The average molecular weight is 231 g/mol. The molecule has 5 nitrogen and oxygen atoms in total. The molecule has 0 spiro atoms. The zero-order valence-corrected chi connectivity index (χ0v) is 9.46. The van der Waals surface area contributed by atoms with Gasteiger partial charge >= 0.3 is 5.97 Å². The van der Waals surface area contributed by atoms with E-state index in [9.17, 15) is 4.79 Å². The topological polar surface area (TPSA) is 70.1 Å². The van der Waals surface area contributed by atoms with Gasteiger partial charge in [-0.15, -0.1) is 0 Å². The minimum absolute atomic E-state index is 0.333. The fourth-order valence-electron chi connectivity index (χ4n) is 1.52. The lowest BCUT2D eigenvalue weighted by Crippen LogP contribution is -2.03. The summed E-state index contributed by atoms with van der Waals surface area (Å²) in [5, 5.41) is 4.08. The van der Waals surface area contributed by atoms with Gasteiger partial charge in [-0.2, -0.15) is 5.10 Å². The van der Waals surface area contributed by atoms with Crippen molar-refractivity contribution in [2.75, 3.05) is 12.8 Å². The zero-order chi connectivity index (χ0) is 12.3. The van der Waals surface area contributed by atoms with Crippen molar-refractivity contribution in [2.45, 2.75) is 6.54 Å². The number of hydrogen-bond donors (Lipinski definition) is 1. The Morgan fingerprint density at radius 3 is 2.65 bits per heavy atom. The summed E-state index contributed by atoms with van der Waals surface area (Å²) >= 11 is 0. The van der Waals surface area contributed by atoms with Gasteiger partial charge in [-0.1, -0.05) is 12.1 Å². The third kappa shape index (κ3) is 2.63. The summed E-state index contributed by atoms with van der Waals surface area (Å²) in [5.74, 6) is -0.333. The van der Waals surface area contributed by atoms with Gasteiger partial charge in [0.1, 0.15) is 0 Å². The van der Waals surface area contributed by atoms with E-state index in [-0.39, 0.29) is 5.97 Å². The first-order chi connectivity index (χ1) is 8.19. The van der Waals surface area contributed by atoms with E-state index in [2.05, 4.69) is 9.84 Å². The number of carbonyl (C=O) groups is 1. The first-order valence-electron chi connectivity index (χ1n) is 5.14. The van der Waals surface area contributed by atoms with E-state index in [0.717, 1.165) is 5.56 Å². The molecule has 0 aliphatic rings. The van der Waals surface area contributed by atoms with Crippen LogP contribution in [-0.2, 0) is 11.3 Å². The standard InChI is InChI=1S/C12H13N3O2/c1-17-12(16)10-4-2-9(3-5-10)7-15-8-11(13)6-14-15/h2-6,8H,7,13H2,1H3. The summed E-state index contributed by atoms with van der Waals surface area (Å²) < 4.78 is 6.36. The minimum Gasteiger partial charge on any atom is -0.465 e. The van der Waals surface area contributed by atoms with Gasteiger partial charge in [0.05, 0.1) is 31.1 Å². The molecule has 0 saturated carbocycles. The monoisotopic (exact) mass is 231 g/mol. The Bertz CT molecular complexity index is 517. The number of benzene rings is 1. The van der Waals surface area contributed by atoms with E-state index in [1.807, 2.05) is 12.1 Å². The maximum atomic E-state index is 11.2. The van der Waals surface area contributed by atoms with Gasteiger partial charge in [0.2, 0.25) is 0 Å². The molecule has 0 atom stereocenters.